The standard InChI is InChI=1S/C16H16BrNO3S/c1-3-21-16-9-6-13(10-15(16)17)11-18-22(19,20)14-7-4-12(2)5-8-14/h4-11H,3H2,1-2H3/b18-11-. The molecule has 2 aromatic carbocycles. The summed E-state index contributed by atoms with van der Waals surface area (Å²) in [4.78, 5) is 0.180. The number of sulfonamides is 1. The van der Waals surface area contributed by atoms with Crippen molar-refractivity contribution in [2.45, 2.75) is 18.7 Å². The largest absolute Gasteiger partial charge is 0.493 e. The Hall–Kier alpha value is -1.66. The van der Waals surface area contributed by atoms with E-state index in [-0.39, 0.29) is 4.90 Å². The Balaban J connectivity index is 2.24. The first-order valence-electron chi connectivity index (χ1n) is 6.72. The van der Waals surface area contributed by atoms with Crippen LogP contribution in [-0.2, 0) is 10.0 Å². The molecule has 2 rings (SSSR count). The number of aryl methyl sites for hydroxylation is 1. The van der Waals surface area contributed by atoms with Crippen LogP contribution < -0.4 is 4.74 Å². The van der Waals surface area contributed by atoms with E-state index in [0.717, 1.165) is 10.0 Å². The second-order valence-corrected chi connectivity index (χ2v) is 7.13. The summed E-state index contributed by atoms with van der Waals surface area (Å²) in [5.74, 6) is 0.709. The van der Waals surface area contributed by atoms with Gasteiger partial charge in [-0.3, -0.25) is 0 Å². The van der Waals surface area contributed by atoms with E-state index in [9.17, 15) is 8.42 Å². The first kappa shape index (κ1) is 16.7. The van der Waals surface area contributed by atoms with Crippen LogP contribution in [0.25, 0.3) is 0 Å². The molecule has 0 N–H and O–H groups in total. The van der Waals surface area contributed by atoms with Gasteiger partial charge in [0.05, 0.1) is 16.0 Å². The number of hydrogen-bond donors (Lipinski definition) is 0. The van der Waals surface area contributed by atoms with Crippen molar-refractivity contribution in [3.63, 3.8) is 0 Å². The first-order valence-corrected chi connectivity index (χ1v) is 8.95. The maximum Gasteiger partial charge on any atom is 0.282 e. The van der Waals surface area contributed by atoms with Crippen LogP contribution in [0.2, 0.25) is 0 Å². The van der Waals surface area contributed by atoms with Crippen molar-refractivity contribution in [3.8, 4) is 5.75 Å². The molecule has 0 fully saturated rings. The van der Waals surface area contributed by atoms with E-state index < -0.39 is 10.0 Å². The number of halogens is 1. The van der Waals surface area contributed by atoms with Gasteiger partial charge >= 0.3 is 0 Å². The highest BCUT2D eigenvalue weighted by atomic mass is 79.9. The van der Waals surface area contributed by atoms with Gasteiger partial charge in [-0.15, -0.1) is 0 Å². The molecule has 0 bridgehead atoms. The van der Waals surface area contributed by atoms with Gasteiger partial charge in [0.25, 0.3) is 10.0 Å². The third kappa shape index (κ3) is 4.18. The first-order chi connectivity index (χ1) is 10.4. The molecular weight excluding hydrogens is 366 g/mol. The van der Waals surface area contributed by atoms with Crippen LogP contribution in [0, 0.1) is 6.92 Å². The molecule has 6 heteroatoms. The lowest BCUT2D eigenvalue weighted by molar-refractivity contribution is 0.338. The molecule has 116 valence electrons. The Morgan fingerprint density at radius 1 is 1.18 bits per heavy atom. The van der Waals surface area contributed by atoms with E-state index in [1.54, 1.807) is 42.5 Å². The van der Waals surface area contributed by atoms with Gasteiger partial charge in [0.1, 0.15) is 5.75 Å². The fourth-order valence-corrected chi connectivity index (χ4v) is 3.14. The lowest BCUT2D eigenvalue weighted by Gasteiger charge is -2.05. The van der Waals surface area contributed by atoms with Gasteiger partial charge in [-0.1, -0.05) is 17.7 Å². The average molecular weight is 382 g/mol. The maximum atomic E-state index is 12.1. The summed E-state index contributed by atoms with van der Waals surface area (Å²) in [6.07, 6.45) is 1.33. The maximum absolute atomic E-state index is 12.1. The summed E-state index contributed by atoms with van der Waals surface area (Å²) in [6.45, 7) is 4.36. The summed E-state index contributed by atoms with van der Waals surface area (Å²) in [7, 11) is -3.69. The van der Waals surface area contributed by atoms with Crippen LogP contribution in [0.15, 0.2) is 56.2 Å². The minimum atomic E-state index is -3.69. The predicted octanol–water partition coefficient (Wildman–Crippen LogP) is 3.96. The molecule has 0 atom stereocenters. The molecule has 22 heavy (non-hydrogen) atoms. The summed E-state index contributed by atoms with van der Waals surface area (Å²) < 4.78 is 34.2. The van der Waals surface area contributed by atoms with E-state index >= 15 is 0 Å². The van der Waals surface area contributed by atoms with E-state index in [4.69, 9.17) is 4.74 Å². The Morgan fingerprint density at radius 3 is 2.45 bits per heavy atom. The number of rotatable bonds is 5. The molecular formula is C16H16BrNO3S. The number of nitrogens with zero attached hydrogens (tertiary/aromatic N) is 1. The zero-order valence-electron chi connectivity index (χ0n) is 12.3. The van der Waals surface area contributed by atoms with Crippen LogP contribution in [0.3, 0.4) is 0 Å². The van der Waals surface area contributed by atoms with Crippen molar-refractivity contribution in [3.05, 3.63) is 58.1 Å². The topological polar surface area (TPSA) is 55.7 Å². The molecule has 0 aliphatic carbocycles. The van der Waals surface area contributed by atoms with Crippen molar-refractivity contribution in [1.29, 1.82) is 0 Å². The second kappa shape index (κ2) is 7.07. The quantitative estimate of drug-likeness (QED) is 0.736. The zero-order valence-corrected chi connectivity index (χ0v) is 14.7. The summed E-state index contributed by atoms with van der Waals surface area (Å²) >= 11 is 3.39. The fourth-order valence-electron chi connectivity index (χ4n) is 1.77. The summed E-state index contributed by atoms with van der Waals surface area (Å²) in [5, 5.41) is 0. The highest BCUT2D eigenvalue weighted by molar-refractivity contribution is 9.10. The minimum Gasteiger partial charge on any atom is -0.493 e. The Labute approximate surface area is 139 Å². The molecule has 0 aliphatic rings. The Kier molecular flexibility index (Phi) is 5.37. The van der Waals surface area contributed by atoms with Gasteiger partial charge in [0.2, 0.25) is 0 Å². The van der Waals surface area contributed by atoms with Crippen LogP contribution in [0.4, 0.5) is 0 Å². The monoisotopic (exact) mass is 381 g/mol. The molecule has 0 heterocycles. The van der Waals surface area contributed by atoms with Crippen molar-refractivity contribution >= 4 is 32.2 Å². The second-order valence-electron chi connectivity index (χ2n) is 4.65. The van der Waals surface area contributed by atoms with Crippen molar-refractivity contribution < 1.29 is 13.2 Å². The van der Waals surface area contributed by atoms with Gasteiger partial charge < -0.3 is 4.74 Å². The van der Waals surface area contributed by atoms with Gasteiger partial charge in [0.15, 0.2) is 0 Å². The minimum absolute atomic E-state index is 0.180. The van der Waals surface area contributed by atoms with E-state index in [1.807, 2.05) is 13.8 Å². The zero-order chi connectivity index (χ0) is 16.2. The van der Waals surface area contributed by atoms with Gasteiger partial charge in [-0.05, 0) is 65.7 Å². The highest BCUT2D eigenvalue weighted by Gasteiger charge is 2.11. The van der Waals surface area contributed by atoms with Crippen LogP contribution in [-0.4, -0.2) is 21.2 Å². The third-order valence-corrected chi connectivity index (χ3v) is 4.79. The smallest absolute Gasteiger partial charge is 0.282 e. The third-order valence-electron chi connectivity index (χ3n) is 2.92. The normalized spacial score (nSPS) is 11.8. The lowest BCUT2D eigenvalue weighted by Crippen LogP contribution is -1.98. The Bertz CT molecular complexity index is 784. The van der Waals surface area contributed by atoms with Gasteiger partial charge in [-0.2, -0.15) is 12.8 Å². The van der Waals surface area contributed by atoms with Gasteiger partial charge in [0, 0.05) is 6.21 Å². The molecule has 0 unspecified atom stereocenters. The van der Waals surface area contributed by atoms with Crippen LogP contribution >= 0.6 is 15.9 Å². The van der Waals surface area contributed by atoms with E-state index in [1.165, 1.54) is 6.21 Å². The lowest BCUT2D eigenvalue weighted by atomic mass is 10.2. The number of ether oxygens (including phenoxy) is 1. The molecule has 0 aliphatic heterocycles. The SMILES string of the molecule is CCOc1ccc(/C=N\S(=O)(=O)c2ccc(C)cc2)cc1Br. The highest BCUT2D eigenvalue weighted by Crippen LogP contribution is 2.25. The fraction of sp³-hybridized carbons (Fsp3) is 0.188. The molecule has 0 aromatic heterocycles. The molecule has 0 saturated carbocycles. The summed E-state index contributed by atoms with van der Waals surface area (Å²) in [5.41, 5.74) is 1.67. The Morgan fingerprint density at radius 2 is 1.86 bits per heavy atom. The van der Waals surface area contributed by atoms with Crippen LogP contribution in [0.5, 0.6) is 5.75 Å². The molecule has 0 spiro atoms. The molecule has 0 radical (unpaired) electrons. The van der Waals surface area contributed by atoms with Crippen LogP contribution in [0.1, 0.15) is 18.1 Å². The number of hydrogen-bond acceptors (Lipinski definition) is 3. The predicted molar refractivity (Wildman–Crippen MR) is 91.3 cm³/mol. The molecule has 2 aromatic rings. The van der Waals surface area contributed by atoms with Crippen molar-refractivity contribution in [2.24, 2.45) is 4.40 Å². The van der Waals surface area contributed by atoms with Crippen molar-refractivity contribution in [1.82, 2.24) is 0 Å². The summed E-state index contributed by atoms with van der Waals surface area (Å²) in [6, 6.07) is 11.9. The average Bonchev–Trinajstić information content (AvgIpc) is 2.48. The van der Waals surface area contributed by atoms with Crippen molar-refractivity contribution in [2.75, 3.05) is 6.61 Å². The molecule has 0 amide bonds. The molecule has 4 nitrogen and oxygen atoms in total. The van der Waals surface area contributed by atoms with E-state index in [2.05, 4.69) is 20.3 Å². The van der Waals surface area contributed by atoms with Gasteiger partial charge in [-0.25, -0.2) is 0 Å². The van der Waals surface area contributed by atoms with E-state index in [0.29, 0.717) is 17.9 Å². The molecule has 0 saturated heterocycles. The number of benzene rings is 2.